The van der Waals surface area contributed by atoms with E-state index in [1.54, 1.807) is 0 Å². The summed E-state index contributed by atoms with van der Waals surface area (Å²) in [5.41, 5.74) is 5.20. The number of carboxylic acids is 1. The molecule has 0 aromatic carbocycles. The van der Waals surface area contributed by atoms with E-state index < -0.39 is 17.3 Å². The zero-order valence-electron chi connectivity index (χ0n) is 11.9. The van der Waals surface area contributed by atoms with Crippen molar-refractivity contribution in [2.45, 2.75) is 58.4 Å². The van der Waals surface area contributed by atoms with E-state index in [2.05, 4.69) is 5.32 Å². The van der Waals surface area contributed by atoms with Crippen LogP contribution in [0.2, 0.25) is 0 Å². The second-order valence-electron chi connectivity index (χ2n) is 5.50. The molecule has 1 rings (SSSR count). The Labute approximate surface area is 114 Å². The number of aliphatic carboxylic acids is 1. The van der Waals surface area contributed by atoms with Crippen molar-refractivity contribution in [1.82, 2.24) is 5.32 Å². The van der Waals surface area contributed by atoms with Crippen LogP contribution in [0.4, 0.5) is 0 Å². The van der Waals surface area contributed by atoms with Gasteiger partial charge in [0.15, 0.2) is 0 Å². The van der Waals surface area contributed by atoms with E-state index in [-0.39, 0.29) is 11.9 Å². The number of carboxylic acid groups (broad SMARTS) is 1. The standard InChI is InChI=1S/C14H26N2O3/c1-3-14(4-2,9-15)13(19)16-11-8-6-5-7-10(11)12(17)18/h10-11H,3-9,15H2,1-2H3,(H,16,19)(H,17,18). The lowest BCUT2D eigenvalue weighted by Gasteiger charge is -2.35. The van der Waals surface area contributed by atoms with Crippen molar-refractivity contribution in [2.24, 2.45) is 17.1 Å². The van der Waals surface area contributed by atoms with Gasteiger partial charge in [0.05, 0.1) is 11.3 Å². The Morgan fingerprint density at radius 2 is 1.84 bits per heavy atom. The molecule has 0 saturated heterocycles. The fourth-order valence-electron chi connectivity index (χ4n) is 2.87. The SMILES string of the molecule is CCC(CC)(CN)C(=O)NC1CCCCC1C(=O)O. The number of carbonyl (C=O) groups is 2. The van der Waals surface area contributed by atoms with Crippen LogP contribution in [0, 0.1) is 11.3 Å². The van der Waals surface area contributed by atoms with E-state index in [4.69, 9.17) is 5.73 Å². The van der Waals surface area contributed by atoms with E-state index >= 15 is 0 Å². The highest BCUT2D eigenvalue weighted by atomic mass is 16.4. The lowest BCUT2D eigenvalue weighted by Crippen LogP contribution is -2.52. The largest absolute Gasteiger partial charge is 0.481 e. The summed E-state index contributed by atoms with van der Waals surface area (Å²) in [7, 11) is 0. The number of nitrogens with one attached hydrogen (secondary N) is 1. The van der Waals surface area contributed by atoms with Gasteiger partial charge >= 0.3 is 5.97 Å². The van der Waals surface area contributed by atoms with Crippen molar-refractivity contribution < 1.29 is 14.7 Å². The normalized spacial score (nSPS) is 23.9. The average molecular weight is 270 g/mol. The van der Waals surface area contributed by atoms with Crippen molar-refractivity contribution in [1.29, 1.82) is 0 Å². The molecule has 2 atom stereocenters. The molecule has 19 heavy (non-hydrogen) atoms. The molecule has 1 aliphatic carbocycles. The van der Waals surface area contributed by atoms with Gasteiger partial charge in [0.2, 0.25) is 5.91 Å². The second kappa shape index (κ2) is 6.89. The lowest BCUT2D eigenvalue weighted by atomic mass is 9.79. The number of rotatable bonds is 6. The van der Waals surface area contributed by atoms with Crippen LogP contribution in [-0.4, -0.2) is 29.6 Å². The Balaban J connectivity index is 2.76. The Bertz CT molecular complexity index is 318. The molecule has 1 saturated carbocycles. The third-order valence-electron chi connectivity index (χ3n) is 4.63. The first-order valence-corrected chi connectivity index (χ1v) is 7.24. The van der Waals surface area contributed by atoms with Crippen LogP contribution in [0.5, 0.6) is 0 Å². The summed E-state index contributed by atoms with van der Waals surface area (Å²) < 4.78 is 0. The molecule has 5 nitrogen and oxygen atoms in total. The van der Waals surface area contributed by atoms with Gasteiger partial charge in [0.1, 0.15) is 0 Å². The maximum atomic E-state index is 12.4. The summed E-state index contributed by atoms with van der Waals surface area (Å²) in [6.07, 6.45) is 4.65. The van der Waals surface area contributed by atoms with E-state index in [0.29, 0.717) is 25.8 Å². The zero-order valence-corrected chi connectivity index (χ0v) is 11.9. The van der Waals surface area contributed by atoms with Crippen molar-refractivity contribution in [3.8, 4) is 0 Å². The minimum Gasteiger partial charge on any atom is -0.481 e. The Morgan fingerprint density at radius 1 is 1.26 bits per heavy atom. The van der Waals surface area contributed by atoms with Crippen molar-refractivity contribution in [3.05, 3.63) is 0 Å². The molecule has 0 bridgehead atoms. The Kier molecular flexibility index (Phi) is 5.79. The highest BCUT2D eigenvalue weighted by Crippen LogP contribution is 2.29. The minimum atomic E-state index is -0.809. The van der Waals surface area contributed by atoms with Crippen molar-refractivity contribution in [3.63, 3.8) is 0 Å². The topological polar surface area (TPSA) is 92.4 Å². The summed E-state index contributed by atoms with van der Waals surface area (Å²) in [6.45, 7) is 4.20. The summed E-state index contributed by atoms with van der Waals surface area (Å²) in [5.74, 6) is -1.35. The average Bonchev–Trinajstić information content (AvgIpc) is 2.41. The van der Waals surface area contributed by atoms with Gasteiger partial charge in [-0.2, -0.15) is 0 Å². The number of nitrogens with two attached hydrogens (primary N) is 1. The van der Waals surface area contributed by atoms with Gasteiger partial charge in [-0.15, -0.1) is 0 Å². The maximum absolute atomic E-state index is 12.4. The van der Waals surface area contributed by atoms with Gasteiger partial charge in [-0.05, 0) is 25.7 Å². The van der Waals surface area contributed by atoms with Crippen LogP contribution in [-0.2, 0) is 9.59 Å². The predicted molar refractivity (Wildman–Crippen MR) is 73.6 cm³/mol. The Hall–Kier alpha value is -1.10. The van der Waals surface area contributed by atoms with E-state index in [1.165, 1.54) is 0 Å². The minimum absolute atomic E-state index is 0.0850. The molecule has 1 fully saturated rings. The van der Waals surface area contributed by atoms with Gasteiger partial charge < -0.3 is 16.2 Å². The van der Waals surface area contributed by atoms with Crippen LogP contribution in [0.15, 0.2) is 0 Å². The molecular weight excluding hydrogens is 244 g/mol. The van der Waals surface area contributed by atoms with Crippen LogP contribution in [0.25, 0.3) is 0 Å². The molecular formula is C14H26N2O3. The first kappa shape index (κ1) is 16.0. The molecule has 0 aliphatic heterocycles. The van der Waals surface area contributed by atoms with Crippen LogP contribution >= 0.6 is 0 Å². The fraction of sp³-hybridized carbons (Fsp3) is 0.857. The summed E-state index contributed by atoms with van der Waals surface area (Å²) >= 11 is 0. The maximum Gasteiger partial charge on any atom is 0.308 e. The third kappa shape index (κ3) is 3.47. The predicted octanol–water partition coefficient (Wildman–Crippen LogP) is 1.51. The van der Waals surface area contributed by atoms with Gasteiger partial charge in [0, 0.05) is 12.6 Å². The number of amides is 1. The number of hydrogen-bond acceptors (Lipinski definition) is 3. The quantitative estimate of drug-likeness (QED) is 0.682. The van der Waals surface area contributed by atoms with Gasteiger partial charge in [-0.3, -0.25) is 9.59 Å². The fourth-order valence-corrected chi connectivity index (χ4v) is 2.87. The highest BCUT2D eigenvalue weighted by molar-refractivity contribution is 5.84. The molecule has 0 aromatic heterocycles. The van der Waals surface area contributed by atoms with E-state index in [1.807, 2.05) is 13.8 Å². The smallest absolute Gasteiger partial charge is 0.308 e. The first-order chi connectivity index (χ1) is 9.00. The monoisotopic (exact) mass is 270 g/mol. The second-order valence-corrected chi connectivity index (χ2v) is 5.50. The Morgan fingerprint density at radius 3 is 2.32 bits per heavy atom. The van der Waals surface area contributed by atoms with Crippen LogP contribution < -0.4 is 11.1 Å². The molecule has 4 N–H and O–H groups in total. The molecule has 5 heteroatoms. The molecule has 1 amide bonds. The molecule has 0 aromatic rings. The van der Waals surface area contributed by atoms with Crippen molar-refractivity contribution >= 4 is 11.9 Å². The zero-order chi connectivity index (χ0) is 14.5. The van der Waals surface area contributed by atoms with E-state index in [9.17, 15) is 14.7 Å². The third-order valence-corrected chi connectivity index (χ3v) is 4.63. The van der Waals surface area contributed by atoms with E-state index in [0.717, 1.165) is 19.3 Å². The van der Waals surface area contributed by atoms with Gasteiger partial charge in [-0.1, -0.05) is 26.7 Å². The summed E-state index contributed by atoms with van der Waals surface area (Å²) in [6, 6.07) is -0.247. The number of hydrogen-bond donors (Lipinski definition) is 3. The van der Waals surface area contributed by atoms with Gasteiger partial charge in [0.25, 0.3) is 0 Å². The number of carbonyl (C=O) groups excluding carboxylic acids is 1. The molecule has 0 radical (unpaired) electrons. The van der Waals surface area contributed by atoms with Crippen LogP contribution in [0.3, 0.4) is 0 Å². The van der Waals surface area contributed by atoms with Gasteiger partial charge in [-0.25, -0.2) is 0 Å². The molecule has 0 spiro atoms. The summed E-state index contributed by atoms with van der Waals surface area (Å²) in [5, 5.41) is 12.2. The molecule has 1 aliphatic rings. The van der Waals surface area contributed by atoms with Crippen LogP contribution in [0.1, 0.15) is 52.4 Å². The molecule has 2 unspecified atom stereocenters. The summed E-state index contributed by atoms with van der Waals surface area (Å²) in [4.78, 5) is 23.6. The highest BCUT2D eigenvalue weighted by Gasteiger charge is 2.38. The molecule has 110 valence electrons. The van der Waals surface area contributed by atoms with Crippen molar-refractivity contribution in [2.75, 3.05) is 6.54 Å². The lowest BCUT2D eigenvalue weighted by molar-refractivity contribution is -0.144. The molecule has 0 heterocycles. The first-order valence-electron chi connectivity index (χ1n) is 7.24.